The molecule has 3 heterocycles. The van der Waals surface area contributed by atoms with Gasteiger partial charge in [0.2, 0.25) is 0 Å². The second kappa shape index (κ2) is 7.81. The Kier molecular flexibility index (Phi) is 5.84. The Morgan fingerprint density at radius 3 is 2.37 bits per heavy atom. The maximum absolute atomic E-state index is 12.8. The largest absolute Gasteiger partial charge is 0.381 e. The number of nitrogens with one attached hydrogen (secondary N) is 1. The molecule has 2 aliphatic heterocycles. The van der Waals surface area contributed by atoms with Gasteiger partial charge in [0.05, 0.1) is 18.8 Å². The Hall–Kier alpha value is -1.57. The Balaban J connectivity index is 1.87. The minimum atomic E-state index is -3.84. The van der Waals surface area contributed by atoms with Crippen molar-refractivity contribution in [1.82, 2.24) is 4.31 Å². The molecule has 10 nitrogen and oxygen atoms in total. The number of carbonyl (C=O) groups excluding carboxylic acids is 2. The summed E-state index contributed by atoms with van der Waals surface area (Å²) in [6, 6.07) is 1.15. The van der Waals surface area contributed by atoms with E-state index in [1.54, 1.807) is 0 Å². The number of nitrogens with two attached hydrogens (primary N) is 1. The molecule has 0 unspecified atom stereocenters. The first kappa shape index (κ1) is 20.2. The minimum Gasteiger partial charge on any atom is -0.381 e. The van der Waals surface area contributed by atoms with Crippen LogP contribution in [0.1, 0.15) is 23.2 Å². The average Bonchev–Trinajstić information content (AvgIpc) is 3.08. The van der Waals surface area contributed by atoms with Crippen LogP contribution >= 0.6 is 11.3 Å². The fourth-order valence-corrected chi connectivity index (χ4v) is 5.77. The number of carbonyl (C=O) groups is 2. The second-order valence-corrected chi connectivity index (χ2v) is 9.50. The summed E-state index contributed by atoms with van der Waals surface area (Å²) in [5.74, 6) is -1.59. The van der Waals surface area contributed by atoms with Gasteiger partial charge in [0.15, 0.2) is 0 Å². The summed E-state index contributed by atoms with van der Waals surface area (Å²) in [7, 11) is -3.84. The standard InChI is InChI=1S/C15H21N3O7S2/c16-12(19)10-9-11(27(22,23)18-3-7-25-8-4-18)26-13(10)17-14(20)15(21)1-5-24-6-2-15/h9,21H,1-8H2,(H2,16,19)(H,17,20). The van der Waals surface area contributed by atoms with E-state index in [4.69, 9.17) is 15.2 Å². The minimum absolute atomic E-state index is 0.000693. The highest BCUT2D eigenvalue weighted by Crippen LogP contribution is 2.34. The molecule has 0 radical (unpaired) electrons. The van der Waals surface area contributed by atoms with E-state index >= 15 is 0 Å². The van der Waals surface area contributed by atoms with E-state index in [1.165, 1.54) is 4.31 Å². The zero-order valence-corrected chi connectivity index (χ0v) is 16.1. The van der Waals surface area contributed by atoms with Crippen LogP contribution in [0, 0.1) is 0 Å². The van der Waals surface area contributed by atoms with Crippen LogP contribution in [0.15, 0.2) is 10.3 Å². The number of nitrogens with zero attached hydrogens (tertiary/aromatic N) is 1. The quantitative estimate of drug-likeness (QED) is 0.574. The van der Waals surface area contributed by atoms with Crippen LogP contribution in [0.4, 0.5) is 5.00 Å². The lowest BCUT2D eigenvalue weighted by molar-refractivity contribution is -0.143. The molecule has 4 N–H and O–H groups in total. The second-order valence-electron chi connectivity index (χ2n) is 6.29. The predicted molar refractivity (Wildman–Crippen MR) is 96.0 cm³/mol. The third-order valence-electron chi connectivity index (χ3n) is 4.51. The maximum atomic E-state index is 12.8. The van der Waals surface area contributed by atoms with E-state index < -0.39 is 27.4 Å². The van der Waals surface area contributed by atoms with Gasteiger partial charge in [-0.1, -0.05) is 0 Å². The van der Waals surface area contributed by atoms with Crippen molar-refractivity contribution in [2.45, 2.75) is 22.7 Å². The lowest BCUT2D eigenvalue weighted by Crippen LogP contribution is -2.47. The number of primary amides is 1. The van der Waals surface area contributed by atoms with Crippen LogP contribution < -0.4 is 11.1 Å². The van der Waals surface area contributed by atoms with Gasteiger partial charge in [0.1, 0.15) is 14.8 Å². The zero-order chi connectivity index (χ0) is 19.7. The molecule has 2 aliphatic rings. The van der Waals surface area contributed by atoms with Crippen molar-refractivity contribution in [1.29, 1.82) is 0 Å². The third-order valence-corrected chi connectivity index (χ3v) is 7.91. The van der Waals surface area contributed by atoms with Crippen LogP contribution in [-0.4, -0.2) is 74.8 Å². The van der Waals surface area contributed by atoms with Gasteiger partial charge in [0, 0.05) is 39.1 Å². The Bertz CT molecular complexity index is 824. The summed E-state index contributed by atoms with van der Waals surface area (Å²) in [6.45, 7) is 1.43. The number of hydrogen-bond donors (Lipinski definition) is 3. The van der Waals surface area contributed by atoms with Gasteiger partial charge >= 0.3 is 0 Å². The van der Waals surface area contributed by atoms with Crippen LogP contribution in [-0.2, 0) is 24.3 Å². The number of thiophene rings is 1. The first-order valence-electron chi connectivity index (χ1n) is 8.37. The maximum Gasteiger partial charge on any atom is 0.257 e. The molecule has 150 valence electrons. The molecule has 2 amide bonds. The fraction of sp³-hybridized carbons (Fsp3) is 0.600. The van der Waals surface area contributed by atoms with E-state index in [0.29, 0.717) is 0 Å². The molecule has 1 aromatic heterocycles. The van der Waals surface area contributed by atoms with Crippen molar-refractivity contribution in [2.24, 2.45) is 5.73 Å². The number of rotatable bonds is 5. The van der Waals surface area contributed by atoms with Gasteiger partial charge in [-0.2, -0.15) is 4.31 Å². The highest BCUT2D eigenvalue weighted by Gasteiger charge is 2.39. The molecule has 0 aliphatic carbocycles. The summed E-state index contributed by atoms with van der Waals surface area (Å²) in [6.07, 6.45) is 0.212. The molecule has 27 heavy (non-hydrogen) atoms. The third kappa shape index (κ3) is 4.15. The van der Waals surface area contributed by atoms with Gasteiger partial charge in [-0.15, -0.1) is 11.3 Å². The fourth-order valence-electron chi connectivity index (χ4n) is 2.84. The lowest BCUT2D eigenvalue weighted by Gasteiger charge is -2.30. The van der Waals surface area contributed by atoms with E-state index in [-0.39, 0.29) is 67.1 Å². The van der Waals surface area contributed by atoms with Gasteiger partial charge in [-0.05, 0) is 6.07 Å². The molecule has 0 spiro atoms. The monoisotopic (exact) mass is 419 g/mol. The number of sulfonamides is 1. The van der Waals surface area contributed by atoms with Crippen LogP contribution in [0.3, 0.4) is 0 Å². The molecule has 0 aromatic carbocycles. The normalized spacial score (nSPS) is 20.9. The molecule has 3 rings (SSSR count). The number of anilines is 1. The summed E-state index contributed by atoms with van der Waals surface area (Å²) in [4.78, 5) is 24.2. The van der Waals surface area contributed by atoms with Gasteiger partial charge < -0.3 is 25.6 Å². The topological polar surface area (TPSA) is 148 Å². The van der Waals surface area contributed by atoms with Crippen molar-refractivity contribution < 1.29 is 32.6 Å². The number of amides is 2. The van der Waals surface area contributed by atoms with E-state index in [0.717, 1.165) is 17.4 Å². The van der Waals surface area contributed by atoms with E-state index in [9.17, 15) is 23.1 Å². The molecule has 0 atom stereocenters. The summed E-state index contributed by atoms with van der Waals surface area (Å²) < 4.78 is 37.0. The molecular formula is C15H21N3O7S2. The van der Waals surface area contributed by atoms with E-state index in [1.807, 2.05) is 0 Å². The van der Waals surface area contributed by atoms with Crippen LogP contribution in [0.2, 0.25) is 0 Å². The molecular weight excluding hydrogens is 398 g/mol. The van der Waals surface area contributed by atoms with Crippen LogP contribution in [0.5, 0.6) is 0 Å². The Morgan fingerprint density at radius 1 is 1.19 bits per heavy atom. The zero-order valence-electron chi connectivity index (χ0n) is 14.5. The number of aliphatic hydroxyl groups is 1. The summed E-state index contributed by atoms with van der Waals surface area (Å²) >= 11 is 0.734. The van der Waals surface area contributed by atoms with Gasteiger partial charge in [0.25, 0.3) is 21.8 Å². The number of hydrogen-bond acceptors (Lipinski definition) is 8. The molecule has 2 fully saturated rings. The highest BCUT2D eigenvalue weighted by atomic mass is 32.2. The lowest BCUT2D eigenvalue weighted by atomic mass is 9.93. The van der Waals surface area contributed by atoms with Crippen molar-refractivity contribution in [3.05, 3.63) is 11.6 Å². The smallest absolute Gasteiger partial charge is 0.257 e. The first-order chi connectivity index (χ1) is 12.7. The first-order valence-corrected chi connectivity index (χ1v) is 10.6. The van der Waals surface area contributed by atoms with Crippen molar-refractivity contribution in [2.75, 3.05) is 44.8 Å². The predicted octanol–water partition coefficient (Wildman–Crippen LogP) is -0.652. The van der Waals surface area contributed by atoms with E-state index in [2.05, 4.69) is 5.32 Å². The molecule has 1 aromatic rings. The Labute approximate surface area is 160 Å². The SMILES string of the molecule is NC(=O)c1cc(S(=O)(=O)N2CCOCC2)sc1NC(=O)C1(O)CCOCC1. The summed E-state index contributed by atoms with van der Waals surface area (Å²) in [5, 5.41) is 12.9. The number of morpholine rings is 1. The van der Waals surface area contributed by atoms with Crippen LogP contribution in [0.25, 0.3) is 0 Å². The number of ether oxygens (including phenoxy) is 2. The summed E-state index contributed by atoms with van der Waals surface area (Å²) in [5.41, 5.74) is 3.59. The molecule has 0 bridgehead atoms. The van der Waals surface area contributed by atoms with Crippen molar-refractivity contribution in [3.8, 4) is 0 Å². The van der Waals surface area contributed by atoms with Crippen molar-refractivity contribution >= 4 is 38.2 Å². The van der Waals surface area contributed by atoms with Crippen molar-refractivity contribution in [3.63, 3.8) is 0 Å². The van der Waals surface area contributed by atoms with Gasteiger partial charge in [-0.25, -0.2) is 8.42 Å². The molecule has 2 saturated heterocycles. The van der Waals surface area contributed by atoms with Gasteiger partial charge in [-0.3, -0.25) is 9.59 Å². The molecule has 12 heteroatoms. The molecule has 0 saturated carbocycles. The Morgan fingerprint density at radius 2 is 1.78 bits per heavy atom. The highest BCUT2D eigenvalue weighted by molar-refractivity contribution is 7.91. The average molecular weight is 419 g/mol.